The number of nitrogen functional groups attached to an aromatic ring is 1. The van der Waals surface area contributed by atoms with Gasteiger partial charge in [-0.25, -0.2) is 9.37 Å². The van der Waals surface area contributed by atoms with Crippen molar-refractivity contribution >= 4 is 5.95 Å². The maximum absolute atomic E-state index is 13.6. The van der Waals surface area contributed by atoms with Crippen LogP contribution in [0.25, 0.3) is 11.4 Å². The molecule has 110 valence electrons. The first-order chi connectivity index (χ1) is 10.1. The molecule has 0 radical (unpaired) electrons. The molecule has 0 unspecified atom stereocenters. The maximum atomic E-state index is 13.6. The first-order valence-electron chi connectivity index (χ1n) is 7.41. The van der Waals surface area contributed by atoms with E-state index in [9.17, 15) is 4.39 Å². The zero-order valence-corrected chi connectivity index (χ0v) is 12.1. The van der Waals surface area contributed by atoms with Gasteiger partial charge in [-0.3, -0.25) is 0 Å². The van der Waals surface area contributed by atoms with Gasteiger partial charge in [-0.2, -0.15) is 9.97 Å². The molecule has 0 bridgehead atoms. The second-order valence-electron chi connectivity index (χ2n) is 5.73. The summed E-state index contributed by atoms with van der Waals surface area (Å²) >= 11 is 0. The molecule has 3 rings (SSSR count). The first kappa shape index (κ1) is 13.9. The molecule has 1 saturated carbocycles. The van der Waals surface area contributed by atoms with E-state index in [0.29, 0.717) is 17.3 Å². The number of aryl methyl sites for hydroxylation is 1. The number of halogens is 1. The SMILES string of the molecule is Cc1cc(F)cc(-c2nc(N)nc(C3CCCCC3)n2)c1. The number of nitrogens with zero attached hydrogens (tertiary/aromatic N) is 3. The molecule has 1 heterocycles. The monoisotopic (exact) mass is 286 g/mol. The summed E-state index contributed by atoms with van der Waals surface area (Å²) in [5, 5.41) is 0. The van der Waals surface area contributed by atoms with E-state index in [-0.39, 0.29) is 11.8 Å². The van der Waals surface area contributed by atoms with Crippen molar-refractivity contribution in [3.8, 4) is 11.4 Å². The Kier molecular flexibility index (Phi) is 3.82. The fourth-order valence-corrected chi connectivity index (χ4v) is 2.95. The summed E-state index contributed by atoms with van der Waals surface area (Å²) in [6, 6.07) is 4.78. The van der Waals surface area contributed by atoms with E-state index in [0.717, 1.165) is 24.2 Å². The summed E-state index contributed by atoms with van der Waals surface area (Å²) in [6.45, 7) is 1.85. The van der Waals surface area contributed by atoms with Crippen LogP contribution in [0.3, 0.4) is 0 Å². The lowest BCUT2D eigenvalue weighted by molar-refractivity contribution is 0.428. The van der Waals surface area contributed by atoms with E-state index >= 15 is 0 Å². The van der Waals surface area contributed by atoms with Gasteiger partial charge in [-0.05, 0) is 43.5 Å². The van der Waals surface area contributed by atoms with E-state index in [1.54, 1.807) is 0 Å². The predicted molar refractivity (Wildman–Crippen MR) is 80.2 cm³/mol. The third-order valence-electron chi connectivity index (χ3n) is 3.94. The Morgan fingerprint density at radius 3 is 2.52 bits per heavy atom. The highest BCUT2D eigenvalue weighted by molar-refractivity contribution is 5.57. The zero-order valence-electron chi connectivity index (χ0n) is 12.1. The van der Waals surface area contributed by atoms with Crippen molar-refractivity contribution in [3.05, 3.63) is 35.4 Å². The zero-order chi connectivity index (χ0) is 14.8. The number of benzene rings is 1. The fraction of sp³-hybridized carbons (Fsp3) is 0.438. The minimum absolute atomic E-state index is 0.211. The largest absolute Gasteiger partial charge is 0.368 e. The summed E-state index contributed by atoms with van der Waals surface area (Å²) in [5.41, 5.74) is 7.31. The smallest absolute Gasteiger partial charge is 0.223 e. The van der Waals surface area contributed by atoms with Crippen molar-refractivity contribution in [3.63, 3.8) is 0 Å². The first-order valence-corrected chi connectivity index (χ1v) is 7.41. The minimum atomic E-state index is -0.289. The Bertz CT molecular complexity index is 630. The molecule has 1 fully saturated rings. The molecule has 1 aromatic carbocycles. The van der Waals surface area contributed by atoms with Gasteiger partial charge in [0.1, 0.15) is 11.6 Å². The molecule has 0 aliphatic heterocycles. The van der Waals surface area contributed by atoms with E-state index < -0.39 is 0 Å². The van der Waals surface area contributed by atoms with Crippen LogP contribution >= 0.6 is 0 Å². The third kappa shape index (κ3) is 3.17. The lowest BCUT2D eigenvalue weighted by Crippen LogP contribution is -2.12. The molecule has 4 nitrogen and oxygen atoms in total. The second-order valence-corrected chi connectivity index (χ2v) is 5.73. The van der Waals surface area contributed by atoms with Gasteiger partial charge < -0.3 is 5.73 Å². The molecule has 1 aromatic heterocycles. The molecule has 0 saturated heterocycles. The quantitative estimate of drug-likeness (QED) is 0.915. The van der Waals surface area contributed by atoms with E-state index in [1.807, 2.05) is 13.0 Å². The Morgan fingerprint density at radius 2 is 1.81 bits per heavy atom. The molecule has 1 aliphatic rings. The van der Waals surface area contributed by atoms with Gasteiger partial charge in [0.15, 0.2) is 5.82 Å². The highest BCUT2D eigenvalue weighted by atomic mass is 19.1. The Balaban J connectivity index is 2.00. The highest BCUT2D eigenvalue weighted by Crippen LogP contribution is 2.31. The van der Waals surface area contributed by atoms with E-state index in [2.05, 4.69) is 15.0 Å². The standard InChI is InChI=1S/C16H19FN4/c1-10-7-12(9-13(17)8-10)15-19-14(20-16(18)21-15)11-5-3-2-4-6-11/h7-9,11H,2-6H2,1H3,(H2,18,19,20,21). The molecule has 2 aromatic rings. The van der Waals surface area contributed by atoms with Gasteiger partial charge >= 0.3 is 0 Å². The molecule has 0 amide bonds. The van der Waals surface area contributed by atoms with Crippen LogP contribution in [0, 0.1) is 12.7 Å². The molecule has 0 spiro atoms. The van der Waals surface area contributed by atoms with Gasteiger partial charge in [0.25, 0.3) is 0 Å². The Labute approximate surface area is 123 Å². The molecule has 5 heteroatoms. The van der Waals surface area contributed by atoms with Crippen LogP contribution in [0.4, 0.5) is 10.3 Å². The lowest BCUT2D eigenvalue weighted by Gasteiger charge is -2.20. The van der Waals surface area contributed by atoms with Crippen LogP contribution in [0.2, 0.25) is 0 Å². The van der Waals surface area contributed by atoms with E-state index in [4.69, 9.17) is 5.73 Å². The van der Waals surface area contributed by atoms with Crippen molar-refractivity contribution in [1.82, 2.24) is 15.0 Å². The average molecular weight is 286 g/mol. The van der Waals surface area contributed by atoms with Crippen LogP contribution in [0.1, 0.15) is 49.4 Å². The van der Waals surface area contributed by atoms with Crippen LogP contribution in [-0.4, -0.2) is 15.0 Å². The summed E-state index contributed by atoms with van der Waals surface area (Å²) < 4.78 is 13.6. The summed E-state index contributed by atoms with van der Waals surface area (Å²) in [4.78, 5) is 13.0. The molecule has 1 aliphatic carbocycles. The van der Waals surface area contributed by atoms with Crippen molar-refractivity contribution < 1.29 is 4.39 Å². The minimum Gasteiger partial charge on any atom is -0.368 e. The van der Waals surface area contributed by atoms with Crippen LogP contribution in [0.5, 0.6) is 0 Å². The maximum Gasteiger partial charge on any atom is 0.223 e. The summed E-state index contributed by atoms with van der Waals surface area (Å²) in [5.74, 6) is 1.48. The molecule has 2 N–H and O–H groups in total. The molecule has 0 atom stereocenters. The van der Waals surface area contributed by atoms with Gasteiger partial charge in [-0.15, -0.1) is 0 Å². The van der Waals surface area contributed by atoms with Crippen molar-refractivity contribution in [2.75, 3.05) is 5.73 Å². The normalized spacial score (nSPS) is 16.1. The van der Waals surface area contributed by atoms with Gasteiger partial charge in [0.05, 0.1) is 0 Å². The number of hydrogen-bond acceptors (Lipinski definition) is 4. The Hall–Kier alpha value is -2.04. The third-order valence-corrected chi connectivity index (χ3v) is 3.94. The van der Waals surface area contributed by atoms with Crippen molar-refractivity contribution in [2.45, 2.75) is 44.9 Å². The van der Waals surface area contributed by atoms with Crippen LogP contribution in [0.15, 0.2) is 18.2 Å². The molecular weight excluding hydrogens is 267 g/mol. The van der Waals surface area contributed by atoms with Crippen molar-refractivity contribution in [2.24, 2.45) is 0 Å². The number of nitrogens with two attached hydrogens (primary N) is 1. The molecule has 21 heavy (non-hydrogen) atoms. The summed E-state index contributed by atoms with van der Waals surface area (Å²) in [6.07, 6.45) is 5.85. The second kappa shape index (κ2) is 5.76. The van der Waals surface area contributed by atoms with E-state index in [1.165, 1.54) is 31.4 Å². The van der Waals surface area contributed by atoms with Gasteiger partial charge in [-0.1, -0.05) is 19.3 Å². The van der Waals surface area contributed by atoms with Crippen LogP contribution in [-0.2, 0) is 0 Å². The fourth-order valence-electron chi connectivity index (χ4n) is 2.95. The van der Waals surface area contributed by atoms with Gasteiger partial charge in [0, 0.05) is 11.5 Å². The number of anilines is 1. The van der Waals surface area contributed by atoms with Crippen molar-refractivity contribution in [1.29, 1.82) is 0 Å². The topological polar surface area (TPSA) is 64.7 Å². The highest BCUT2D eigenvalue weighted by Gasteiger charge is 2.20. The lowest BCUT2D eigenvalue weighted by atomic mass is 9.89. The predicted octanol–water partition coefficient (Wildman–Crippen LogP) is 3.62. The number of rotatable bonds is 2. The number of aromatic nitrogens is 3. The van der Waals surface area contributed by atoms with Gasteiger partial charge in [0.2, 0.25) is 5.95 Å². The molecular formula is C16H19FN4. The van der Waals surface area contributed by atoms with Crippen LogP contribution < -0.4 is 5.73 Å². The average Bonchev–Trinajstić information content (AvgIpc) is 2.46. The summed E-state index contributed by atoms with van der Waals surface area (Å²) in [7, 11) is 0. The number of hydrogen-bond donors (Lipinski definition) is 1. The Morgan fingerprint density at radius 1 is 1.05 bits per heavy atom.